The van der Waals surface area contributed by atoms with Gasteiger partial charge in [0.1, 0.15) is 11.9 Å². The number of ketones is 1. The minimum Gasteiger partial charge on any atom is -0.381 e. The Morgan fingerprint density at radius 2 is 2.00 bits per heavy atom. The van der Waals surface area contributed by atoms with E-state index < -0.39 is 11.5 Å². The van der Waals surface area contributed by atoms with Gasteiger partial charge in [-0.15, -0.1) is 0 Å². The molecule has 0 radical (unpaired) electrons. The van der Waals surface area contributed by atoms with Gasteiger partial charge in [0.15, 0.2) is 5.78 Å². The molecule has 0 amide bonds. The van der Waals surface area contributed by atoms with Crippen LogP contribution in [0.25, 0.3) is 0 Å². The molecule has 0 saturated heterocycles. The molecule has 0 aliphatic heterocycles. The van der Waals surface area contributed by atoms with E-state index in [1.54, 1.807) is 20.8 Å². The molecule has 0 aromatic rings. The zero-order valence-corrected chi connectivity index (χ0v) is 8.54. The van der Waals surface area contributed by atoms with Crippen molar-refractivity contribution in [3.05, 3.63) is 0 Å². The average molecular weight is 186 g/mol. The number of Topliss-reactive ketones (excluding diaryl/α,β-unsaturated/α-hetero) is 1. The van der Waals surface area contributed by atoms with Crippen molar-refractivity contribution in [2.24, 2.45) is 5.92 Å². The van der Waals surface area contributed by atoms with Gasteiger partial charge in [-0.05, 0) is 12.8 Å². The highest BCUT2D eigenvalue weighted by Gasteiger charge is 2.39. The number of hydrogen-bond donors (Lipinski definition) is 1. The normalized spacial score (nSPS) is 17.5. The zero-order chi connectivity index (χ0) is 10.5. The lowest BCUT2D eigenvalue weighted by atomic mass is 9.80. The summed E-state index contributed by atoms with van der Waals surface area (Å²) in [5.41, 5.74) is -1.44. The molecule has 2 atom stereocenters. The summed E-state index contributed by atoms with van der Waals surface area (Å²) in [6.45, 7) is 5.21. The molecule has 0 saturated carbocycles. The molecule has 76 valence electrons. The van der Waals surface area contributed by atoms with Crippen LogP contribution in [0.3, 0.4) is 0 Å². The molecular formula is C10H18O3. The summed E-state index contributed by atoms with van der Waals surface area (Å²) in [7, 11) is 0. The van der Waals surface area contributed by atoms with Gasteiger partial charge in [-0.1, -0.05) is 20.8 Å². The van der Waals surface area contributed by atoms with Gasteiger partial charge in [0.05, 0.1) is 5.92 Å². The van der Waals surface area contributed by atoms with Gasteiger partial charge in [-0.2, -0.15) is 0 Å². The molecule has 0 unspecified atom stereocenters. The van der Waals surface area contributed by atoms with Crippen molar-refractivity contribution in [2.45, 2.75) is 45.6 Å². The quantitative estimate of drug-likeness (QED) is 0.637. The molecule has 0 aliphatic carbocycles. The van der Waals surface area contributed by atoms with E-state index in [1.807, 2.05) is 0 Å². The molecule has 0 spiro atoms. The van der Waals surface area contributed by atoms with Gasteiger partial charge >= 0.3 is 0 Å². The van der Waals surface area contributed by atoms with Gasteiger partial charge < -0.3 is 9.90 Å². The SMILES string of the molecule is CCC(=O)[C@](O)(CC)[C@@H](C=O)CC. The van der Waals surface area contributed by atoms with Crippen LogP contribution < -0.4 is 0 Å². The molecule has 0 aliphatic rings. The highest BCUT2D eigenvalue weighted by atomic mass is 16.3. The van der Waals surface area contributed by atoms with E-state index >= 15 is 0 Å². The fraction of sp³-hybridized carbons (Fsp3) is 0.800. The van der Waals surface area contributed by atoms with Gasteiger partial charge in [0, 0.05) is 6.42 Å². The smallest absolute Gasteiger partial charge is 0.164 e. The molecule has 0 rings (SSSR count). The number of aliphatic hydroxyl groups is 1. The monoisotopic (exact) mass is 186 g/mol. The maximum absolute atomic E-state index is 11.4. The number of aldehydes is 1. The van der Waals surface area contributed by atoms with Crippen LogP contribution in [0.4, 0.5) is 0 Å². The van der Waals surface area contributed by atoms with Crippen molar-refractivity contribution in [1.82, 2.24) is 0 Å². The van der Waals surface area contributed by atoms with E-state index in [0.717, 1.165) is 0 Å². The van der Waals surface area contributed by atoms with Crippen molar-refractivity contribution in [2.75, 3.05) is 0 Å². The van der Waals surface area contributed by atoms with Crippen LogP contribution in [0, 0.1) is 5.92 Å². The van der Waals surface area contributed by atoms with E-state index in [4.69, 9.17) is 0 Å². The third kappa shape index (κ3) is 2.37. The third-order valence-corrected chi connectivity index (χ3v) is 2.56. The first-order valence-corrected chi connectivity index (χ1v) is 4.77. The largest absolute Gasteiger partial charge is 0.381 e. The maximum Gasteiger partial charge on any atom is 0.164 e. The summed E-state index contributed by atoms with van der Waals surface area (Å²) >= 11 is 0. The zero-order valence-electron chi connectivity index (χ0n) is 8.54. The van der Waals surface area contributed by atoms with E-state index in [-0.39, 0.29) is 12.2 Å². The van der Waals surface area contributed by atoms with Gasteiger partial charge in [-0.25, -0.2) is 0 Å². The van der Waals surface area contributed by atoms with Crippen molar-refractivity contribution in [3.8, 4) is 0 Å². The lowest BCUT2D eigenvalue weighted by Gasteiger charge is -2.29. The minimum absolute atomic E-state index is 0.242. The van der Waals surface area contributed by atoms with Gasteiger partial charge in [-0.3, -0.25) is 4.79 Å². The van der Waals surface area contributed by atoms with E-state index in [2.05, 4.69) is 0 Å². The topological polar surface area (TPSA) is 54.4 Å². The highest BCUT2D eigenvalue weighted by molar-refractivity contribution is 5.89. The number of carbonyl (C=O) groups is 2. The Bertz CT molecular complexity index is 189. The van der Waals surface area contributed by atoms with Crippen LogP contribution in [0.2, 0.25) is 0 Å². The highest BCUT2D eigenvalue weighted by Crippen LogP contribution is 2.25. The minimum atomic E-state index is -1.44. The Kier molecular flexibility index (Phi) is 4.85. The summed E-state index contributed by atoms with van der Waals surface area (Å²) in [6.07, 6.45) is 1.75. The number of carbonyl (C=O) groups excluding carboxylic acids is 2. The predicted octanol–water partition coefficient (Wildman–Crippen LogP) is 1.33. The second-order valence-electron chi connectivity index (χ2n) is 3.21. The molecule has 3 heteroatoms. The summed E-state index contributed by atoms with van der Waals surface area (Å²) in [5.74, 6) is -0.807. The van der Waals surface area contributed by atoms with Crippen LogP contribution in [0.5, 0.6) is 0 Å². The lowest BCUT2D eigenvalue weighted by molar-refractivity contribution is -0.147. The maximum atomic E-state index is 11.4. The fourth-order valence-electron chi connectivity index (χ4n) is 1.52. The van der Waals surface area contributed by atoms with Crippen molar-refractivity contribution in [1.29, 1.82) is 0 Å². The van der Waals surface area contributed by atoms with Crippen LogP contribution >= 0.6 is 0 Å². The van der Waals surface area contributed by atoms with Crippen LogP contribution in [0.15, 0.2) is 0 Å². The molecule has 0 fully saturated rings. The summed E-state index contributed by atoms with van der Waals surface area (Å²) in [6, 6.07) is 0. The summed E-state index contributed by atoms with van der Waals surface area (Å²) in [5, 5.41) is 9.97. The molecule has 1 N–H and O–H groups in total. The summed E-state index contributed by atoms with van der Waals surface area (Å²) in [4.78, 5) is 22.1. The third-order valence-electron chi connectivity index (χ3n) is 2.56. The van der Waals surface area contributed by atoms with Gasteiger partial charge in [0.25, 0.3) is 0 Å². The second-order valence-corrected chi connectivity index (χ2v) is 3.21. The standard InChI is InChI=1S/C10H18O3/c1-4-8(7-11)10(13,6-3)9(12)5-2/h7-8,13H,4-6H2,1-3H3/t8-,10+/m1/s1. The van der Waals surface area contributed by atoms with E-state index in [9.17, 15) is 14.7 Å². The molecule has 0 bridgehead atoms. The van der Waals surface area contributed by atoms with Crippen LogP contribution in [0.1, 0.15) is 40.0 Å². The lowest BCUT2D eigenvalue weighted by Crippen LogP contribution is -2.45. The Balaban J connectivity index is 4.78. The number of hydrogen-bond acceptors (Lipinski definition) is 3. The fourth-order valence-corrected chi connectivity index (χ4v) is 1.52. The number of rotatable bonds is 6. The van der Waals surface area contributed by atoms with Crippen molar-refractivity contribution < 1.29 is 14.7 Å². The molecule has 3 nitrogen and oxygen atoms in total. The van der Waals surface area contributed by atoms with Crippen molar-refractivity contribution >= 4 is 12.1 Å². The Morgan fingerprint density at radius 1 is 1.46 bits per heavy atom. The van der Waals surface area contributed by atoms with Crippen molar-refractivity contribution in [3.63, 3.8) is 0 Å². The Labute approximate surface area is 79.1 Å². The first-order valence-electron chi connectivity index (χ1n) is 4.77. The average Bonchev–Trinajstić information content (AvgIpc) is 2.17. The molecule has 13 heavy (non-hydrogen) atoms. The van der Waals surface area contributed by atoms with Crippen LogP contribution in [-0.2, 0) is 9.59 Å². The summed E-state index contributed by atoms with van der Waals surface area (Å²) < 4.78 is 0. The second kappa shape index (κ2) is 5.12. The first-order chi connectivity index (χ1) is 6.06. The van der Waals surface area contributed by atoms with Gasteiger partial charge in [0.2, 0.25) is 0 Å². The molecule has 0 aromatic carbocycles. The van der Waals surface area contributed by atoms with E-state index in [0.29, 0.717) is 19.1 Å². The van der Waals surface area contributed by atoms with E-state index in [1.165, 1.54) is 0 Å². The molecule has 0 heterocycles. The van der Waals surface area contributed by atoms with Crippen LogP contribution in [-0.4, -0.2) is 22.8 Å². The first kappa shape index (κ1) is 12.3. The predicted molar refractivity (Wildman–Crippen MR) is 50.4 cm³/mol. The molecular weight excluding hydrogens is 168 g/mol. The Morgan fingerprint density at radius 3 is 2.23 bits per heavy atom. The molecule has 0 aromatic heterocycles. The Hall–Kier alpha value is -0.700.